The summed E-state index contributed by atoms with van der Waals surface area (Å²) in [7, 11) is 0. The number of aliphatic imine (C=N–C) groups is 1. The van der Waals surface area contributed by atoms with Crippen LogP contribution in [0.3, 0.4) is 0 Å². The molecule has 0 bridgehead atoms. The molecule has 1 aliphatic rings. The molecule has 1 aliphatic heterocycles. The minimum absolute atomic E-state index is 0.100. The van der Waals surface area contributed by atoms with Crippen molar-refractivity contribution in [3.8, 4) is 0 Å². The molecule has 1 aromatic carbocycles. The van der Waals surface area contributed by atoms with Crippen LogP contribution in [-0.4, -0.2) is 62.6 Å². The second-order valence-electron chi connectivity index (χ2n) is 6.53. The fourth-order valence-corrected chi connectivity index (χ4v) is 3.02. The Bertz CT molecular complexity index is 553. The van der Waals surface area contributed by atoms with Gasteiger partial charge in [0.15, 0.2) is 5.96 Å². The maximum Gasteiger partial charge on any atom is 0.244 e. The lowest BCUT2D eigenvalue weighted by Gasteiger charge is -2.36. The molecule has 2 rings (SSSR count). The topological polar surface area (TPSA) is 60.0 Å². The Hall–Kier alpha value is -2.24. The van der Waals surface area contributed by atoms with Crippen LogP contribution in [0.4, 0.5) is 5.69 Å². The first kappa shape index (κ1) is 20.1. The zero-order valence-electron chi connectivity index (χ0n) is 16.2. The molecule has 0 unspecified atom stereocenters. The Kier molecular flexibility index (Phi) is 8.79. The van der Waals surface area contributed by atoms with Gasteiger partial charge in [0.1, 0.15) is 6.54 Å². The number of rotatable bonds is 8. The monoisotopic (exact) mass is 359 g/mol. The molecule has 0 saturated carbocycles. The van der Waals surface area contributed by atoms with Crippen molar-refractivity contribution < 1.29 is 4.79 Å². The Morgan fingerprint density at radius 1 is 1.04 bits per heavy atom. The molecule has 1 heterocycles. The van der Waals surface area contributed by atoms with Gasteiger partial charge >= 0.3 is 0 Å². The molecular weight excluding hydrogens is 326 g/mol. The number of hydrogen-bond acceptors (Lipinski definition) is 3. The first-order chi connectivity index (χ1) is 12.7. The van der Waals surface area contributed by atoms with E-state index in [1.54, 1.807) is 0 Å². The van der Waals surface area contributed by atoms with Crippen molar-refractivity contribution in [2.45, 2.75) is 33.1 Å². The van der Waals surface area contributed by atoms with E-state index in [1.807, 2.05) is 17.9 Å². The molecule has 0 spiro atoms. The largest absolute Gasteiger partial charge is 0.368 e. The van der Waals surface area contributed by atoms with Crippen LogP contribution in [0.1, 0.15) is 33.1 Å². The van der Waals surface area contributed by atoms with Crippen molar-refractivity contribution >= 4 is 17.6 Å². The van der Waals surface area contributed by atoms with Crippen LogP contribution >= 0.6 is 0 Å². The van der Waals surface area contributed by atoms with E-state index in [4.69, 9.17) is 0 Å². The SMILES string of the molecule is CCCCCNC(=NCC(=O)N1CCN(c2ccccc2)CC1)NCC. The number of carbonyl (C=O) groups is 1. The third-order valence-corrected chi connectivity index (χ3v) is 4.54. The number of benzene rings is 1. The average molecular weight is 360 g/mol. The Balaban J connectivity index is 1.77. The molecule has 0 radical (unpaired) electrons. The molecular formula is C20H33N5O. The Morgan fingerprint density at radius 3 is 2.42 bits per heavy atom. The van der Waals surface area contributed by atoms with Gasteiger partial charge in [-0.3, -0.25) is 4.79 Å². The van der Waals surface area contributed by atoms with Gasteiger partial charge in [0.05, 0.1) is 0 Å². The van der Waals surface area contributed by atoms with Gasteiger partial charge in [-0.25, -0.2) is 4.99 Å². The van der Waals surface area contributed by atoms with Crippen LogP contribution < -0.4 is 15.5 Å². The normalized spacial score (nSPS) is 15.1. The molecule has 144 valence electrons. The molecule has 1 amide bonds. The van der Waals surface area contributed by atoms with Crippen molar-refractivity contribution in [1.29, 1.82) is 0 Å². The highest BCUT2D eigenvalue weighted by atomic mass is 16.2. The summed E-state index contributed by atoms with van der Waals surface area (Å²) in [5, 5.41) is 6.51. The first-order valence-corrected chi connectivity index (χ1v) is 9.84. The minimum Gasteiger partial charge on any atom is -0.368 e. The second-order valence-corrected chi connectivity index (χ2v) is 6.53. The van der Waals surface area contributed by atoms with Crippen molar-refractivity contribution in [3.05, 3.63) is 30.3 Å². The second kappa shape index (κ2) is 11.4. The highest BCUT2D eigenvalue weighted by molar-refractivity contribution is 5.85. The van der Waals surface area contributed by atoms with E-state index in [1.165, 1.54) is 18.5 Å². The number of nitrogens with zero attached hydrogens (tertiary/aromatic N) is 3. The van der Waals surface area contributed by atoms with Gasteiger partial charge in [-0.1, -0.05) is 38.0 Å². The van der Waals surface area contributed by atoms with E-state index in [-0.39, 0.29) is 12.5 Å². The van der Waals surface area contributed by atoms with E-state index in [9.17, 15) is 4.79 Å². The standard InChI is InChI=1S/C20H33N5O/c1-3-5-9-12-22-20(21-4-2)23-17-19(26)25-15-13-24(14-16-25)18-10-7-6-8-11-18/h6-8,10-11H,3-5,9,12-17H2,1-2H3,(H2,21,22,23). The fraction of sp³-hybridized carbons (Fsp3) is 0.600. The molecule has 0 atom stereocenters. The van der Waals surface area contributed by atoms with E-state index in [0.29, 0.717) is 0 Å². The molecule has 1 saturated heterocycles. The number of guanidine groups is 1. The van der Waals surface area contributed by atoms with Crippen LogP contribution in [0.15, 0.2) is 35.3 Å². The quantitative estimate of drug-likeness (QED) is 0.424. The minimum atomic E-state index is 0.100. The fourth-order valence-electron chi connectivity index (χ4n) is 3.02. The van der Waals surface area contributed by atoms with E-state index in [2.05, 4.69) is 51.7 Å². The van der Waals surface area contributed by atoms with Crippen LogP contribution in [0.2, 0.25) is 0 Å². The van der Waals surface area contributed by atoms with Gasteiger partial charge < -0.3 is 20.4 Å². The molecule has 1 fully saturated rings. The molecule has 2 N–H and O–H groups in total. The molecule has 0 aliphatic carbocycles. The summed E-state index contributed by atoms with van der Waals surface area (Å²) in [4.78, 5) is 21.2. The lowest BCUT2D eigenvalue weighted by molar-refractivity contribution is -0.129. The summed E-state index contributed by atoms with van der Waals surface area (Å²) < 4.78 is 0. The van der Waals surface area contributed by atoms with E-state index < -0.39 is 0 Å². The van der Waals surface area contributed by atoms with Crippen molar-refractivity contribution in [2.24, 2.45) is 4.99 Å². The molecule has 6 heteroatoms. The highest BCUT2D eigenvalue weighted by Crippen LogP contribution is 2.15. The zero-order valence-corrected chi connectivity index (χ0v) is 16.2. The van der Waals surface area contributed by atoms with Gasteiger partial charge in [0.2, 0.25) is 5.91 Å². The smallest absolute Gasteiger partial charge is 0.244 e. The first-order valence-electron chi connectivity index (χ1n) is 9.84. The van der Waals surface area contributed by atoms with Crippen LogP contribution in [0.25, 0.3) is 0 Å². The maximum atomic E-state index is 12.5. The number of unbranched alkanes of at least 4 members (excludes halogenated alkanes) is 2. The van der Waals surface area contributed by atoms with Crippen molar-refractivity contribution in [2.75, 3.05) is 50.7 Å². The van der Waals surface area contributed by atoms with E-state index in [0.717, 1.165) is 51.6 Å². The number of amides is 1. The third kappa shape index (κ3) is 6.58. The molecule has 6 nitrogen and oxygen atoms in total. The van der Waals surface area contributed by atoms with Crippen molar-refractivity contribution in [3.63, 3.8) is 0 Å². The number of para-hydroxylation sites is 1. The lowest BCUT2D eigenvalue weighted by Crippen LogP contribution is -2.49. The molecule has 0 aromatic heterocycles. The summed E-state index contributed by atoms with van der Waals surface area (Å²) in [5.41, 5.74) is 1.23. The van der Waals surface area contributed by atoms with Crippen LogP contribution in [0, 0.1) is 0 Å². The van der Waals surface area contributed by atoms with E-state index >= 15 is 0 Å². The number of piperazine rings is 1. The maximum absolute atomic E-state index is 12.5. The average Bonchev–Trinajstić information content (AvgIpc) is 2.70. The summed E-state index contributed by atoms with van der Waals surface area (Å²) in [6.07, 6.45) is 3.52. The number of nitrogens with one attached hydrogen (secondary N) is 2. The predicted octanol–water partition coefficient (Wildman–Crippen LogP) is 2.08. The van der Waals surface area contributed by atoms with Gasteiger partial charge in [-0.05, 0) is 25.5 Å². The van der Waals surface area contributed by atoms with Gasteiger partial charge in [0.25, 0.3) is 0 Å². The summed E-state index contributed by atoms with van der Waals surface area (Å²) in [6.45, 7) is 9.36. The number of hydrogen-bond donors (Lipinski definition) is 2. The van der Waals surface area contributed by atoms with Crippen molar-refractivity contribution in [1.82, 2.24) is 15.5 Å². The van der Waals surface area contributed by atoms with Gasteiger partial charge in [0, 0.05) is 45.0 Å². The van der Waals surface area contributed by atoms with Crippen LogP contribution in [-0.2, 0) is 4.79 Å². The lowest BCUT2D eigenvalue weighted by atomic mass is 10.2. The molecule has 26 heavy (non-hydrogen) atoms. The highest BCUT2D eigenvalue weighted by Gasteiger charge is 2.20. The Morgan fingerprint density at radius 2 is 1.77 bits per heavy atom. The molecule has 1 aromatic rings. The third-order valence-electron chi connectivity index (χ3n) is 4.54. The predicted molar refractivity (Wildman–Crippen MR) is 109 cm³/mol. The van der Waals surface area contributed by atoms with Crippen LogP contribution in [0.5, 0.6) is 0 Å². The number of carbonyl (C=O) groups excluding carboxylic acids is 1. The Labute approximate surface area is 157 Å². The number of anilines is 1. The van der Waals surface area contributed by atoms with Gasteiger partial charge in [-0.15, -0.1) is 0 Å². The summed E-state index contributed by atoms with van der Waals surface area (Å²) in [6, 6.07) is 10.4. The summed E-state index contributed by atoms with van der Waals surface area (Å²) >= 11 is 0. The summed E-state index contributed by atoms with van der Waals surface area (Å²) in [5.74, 6) is 0.836. The van der Waals surface area contributed by atoms with Gasteiger partial charge in [-0.2, -0.15) is 0 Å². The zero-order chi connectivity index (χ0) is 18.6.